The summed E-state index contributed by atoms with van der Waals surface area (Å²) in [6.45, 7) is 1.96. The van der Waals surface area contributed by atoms with E-state index in [2.05, 4.69) is 10.6 Å². The number of methoxy groups -OCH3 is 1. The van der Waals surface area contributed by atoms with Crippen LogP contribution in [0.3, 0.4) is 0 Å². The van der Waals surface area contributed by atoms with Gasteiger partial charge >= 0.3 is 0 Å². The first-order valence-corrected chi connectivity index (χ1v) is 7.02. The quantitative estimate of drug-likeness (QED) is 0.862. The number of amides is 1. The van der Waals surface area contributed by atoms with E-state index in [9.17, 15) is 9.18 Å². The van der Waals surface area contributed by atoms with Crippen molar-refractivity contribution in [2.45, 2.75) is 13.0 Å². The number of hydrogen-bond donors (Lipinski definition) is 2. The minimum Gasteiger partial charge on any atom is -0.496 e. The number of rotatable bonds is 6. The summed E-state index contributed by atoms with van der Waals surface area (Å²) < 4.78 is 18.3. The Morgan fingerprint density at radius 2 is 2.00 bits per heavy atom. The van der Waals surface area contributed by atoms with Crippen molar-refractivity contribution in [3.05, 3.63) is 59.9 Å². The van der Waals surface area contributed by atoms with Gasteiger partial charge in [-0.25, -0.2) is 4.39 Å². The number of hydrogen-bond acceptors (Lipinski definition) is 3. The van der Waals surface area contributed by atoms with Crippen LogP contribution in [0.1, 0.15) is 18.5 Å². The van der Waals surface area contributed by atoms with E-state index < -0.39 is 0 Å². The lowest BCUT2D eigenvalue weighted by molar-refractivity contribution is -0.120. The van der Waals surface area contributed by atoms with Crippen molar-refractivity contribution < 1.29 is 13.9 Å². The molecule has 0 fully saturated rings. The molecule has 1 unspecified atom stereocenters. The number of carbonyl (C=O) groups is 1. The first kappa shape index (κ1) is 15.8. The normalized spacial score (nSPS) is 11.6. The van der Waals surface area contributed by atoms with E-state index in [0.717, 1.165) is 11.3 Å². The summed E-state index contributed by atoms with van der Waals surface area (Å²) >= 11 is 0. The zero-order valence-corrected chi connectivity index (χ0v) is 12.6. The molecule has 2 aromatic carbocycles. The first-order valence-electron chi connectivity index (χ1n) is 7.02. The summed E-state index contributed by atoms with van der Waals surface area (Å²) in [5.74, 6) is 0.212. The van der Waals surface area contributed by atoms with Crippen LogP contribution < -0.4 is 15.4 Å². The molecule has 0 bridgehead atoms. The lowest BCUT2D eigenvalue weighted by Crippen LogP contribution is -2.32. The molecule has 0 aliphatic heterocycles. The molecule has 2 aromatic rings. The summed E-state index contributed by atoms with van der Waals surface area (Å²) in [4.78, 5) is 12.0. The lowest BCUT2D eigenvalue weighted by Gasteiger charge is -2.17. The van der Waals surface area contributed by atoms with Gasteiger partial charge < -0.3 is 15.4 Å². The summed E-state index contributed by atoms with van der Waals surface area (Å²) in [5.41, 5.74) is 1.48. The molecule has 0 saturated carbocycles. The Bertz CT molecular complexity index is 646. The highest BCUT2D eigenvalue weighted by Gasteiger charge is 2.13. The molecular formula is C17H19FN2O2. The average molecular weight is 302 g/mol. The molecule has 5 heteroatoms. The Morgan fingerprint density at radius 3 is 2.73 bits per heavy atom. The molecule has 2 rings (SSSR count). The van der Waals surface area contributed by atoms with Crippen molar-refractivity contribution in [3.63, 3.8) is 0 Å². The van der Waals surface area contributed by atoms with Crippen LogP contribution in [-0.4, -0.2) is 19.6 Å². The molecule has 1 atom stereocenters. The molecule has 0 radical (unpaired) electrons. The average Bonchev–Trinajstić information content (AvgIpc) is 2.53. The van der Waals surface area contributed by atoms with Gasteiger partial charge in [-0.05, 0) is 31.2 Å². The maximum Gasteiger partial charge on any atom is 0.239 e. The largest absolute Gasteiger partial charge is 0.496 e. The third kappa shape index (κ3) is 4.22. The number of ether oxygens (including phenoxy) is 1. The molecule has 0 aliphatic carbocycles. The minimum absolute atomic E-state index is 0.0724. The molecule has 1 amide bonds. The maximum atomic E-state index is 13.1. The Morgan fingerprint density at radius 1 is 1.23 bits per heavy atom. The summed E-state index contributed by atoms with van der Waals surface area (Å²) in [7, 11) is 1.60. The molecule has 0 heterocycles. The number of anilines is 1. The number of para-hydroxylation sites is 1. The zero-order chi connectivity index (χ0) is 15.9. The molecule has 0 aromatic heterocycles. The fourth-order valence-electron chi connectivity index (χ4n) is 2.18. The third-order valence-corrected chi connectivity index (χ3v) is 3.26. The van der Waals surface area contributed by atoms with E-state index in [-0.39, 0.29) is 24.3 Å². The van der Waals surface area contributed by atoms with E-state index in [0.29, 0.717) is 5.69 Å². The molecule has 0 spiro atoms. The van der Waals surface area contributed by atoms with Crippen molar-refractivity contribution in [2.75, 3.05) is 19.0 Å². The van der Waals surface area contributed by atoms with Crippen LogP contribution in [0.5, 0.6) is 5.75 Å². The Hall–Kier alpha value is -2.56. The van der Waals surface area contributed by atoms with Gasteiger partial charge in [0.25, 0.3) is 0 Å². The first-order chi connectivity index (χ1) is 10.6. The van der Waals surface area contributed by atoms with Gasteiger partial charge in [0.15, 0.2) is 0 Å². The zero-order valence-electron chi connectivity index (χ0n) is 12.6. The van der Waals surface area contributed by atoms with Gasteiger partial charge in [-0.1, -0.05) is 24.3 Å². The van der Waals surface area contributed by atoms with Crippen LogP contribution in [0.4, 0.5) is 10.1 Å². The molecule has 0 aliphatic rings. The van der Waals surface area contributed by atoms with Gasteiger partial charge in [0.1, 0.15) is 11.6 Å². The lowest BCUT2D eigenvalue weighted by atomic mass is 10.1. The van der Waals surface area contributed by atoms with E-state index in [1.807, 2.05) is 31.2 Å². The molecule has 2 N–H and O–H groups in total. The van der Waals surface area contributed by atoms with Crippen LogP contribution in [0, 0.1) is 5.82 Å². The van der Waals surface area contributed by atoms with E-state index >= 15 is 0 Å². The van der Waals surface area contributed by atoms with E-state index in [1.54, 1.807) is 19.2 Å². The van der Waals surface area contributed by atoms with Crippen LogP contribution in [-0.2, 0) is 4.79 Å². The fraction of sp³-hybridized carbons (Fsp3) is 0.235. The van der Waals surface area contributed by atoms with Crippen LogP contribution >= 0.6 is 0 Å². The molecule has 0 saturated heterocycles. The summed E-state index contributed by atoms with van der Waals surface area (Å²) in [5, 5.41) is 5.77. The fourth-order valence-corrected chi connectivity index (χ4v) is 2.18. The van der Waals surface area contributed by atoms with Gasteiger partial charge in [0.2, 0.25) is 5.91 Å². The highest BCUT2D eigenvalue weighted by atomic mass is 19.1. The van der Waals surface area contributed by atoms with E-state index in [4.69, 9.17) is 4.74 Å². The standard InChI is InChI=1S/C17H19FN2O2/c1-12(15-8-3-4-9-16(15)22-2)20-17(21)11-19-14-7-5-6-13(18)10-14/h3-10,12,19H,11H2,1-2H3,(H,20,21). The second-order valence-electron chi connectivity index (χ2n) is 4.90. The van der Waals surface area contributed by atoms with Crippen molar-refractivity contribution in [2.24, 2.45) is 0 Å². The second-order valence-corrected chi connectivity index (χ2v) is 4.90. The highest BCUT2D eigenvalue weighted by molar-refractivity contribution is 5.81. The van der Waals surface area contributed by atoms with Crippen LogP contribution in [0.2, 0.25) is 0 Å². The van der Waals surface area contributed by atoms with Crippen molar-refractivity contribution in [1.29, 1.82) is 0 Å². The van der Waals surface area contributed by atoms with Gasteiger partial charge in [-0.2, -0.15) is 0 Å². The van der Waals surface area contributed by atoms with Crippen LogP contribution in [0.25, 0.3) is 0 Å². The Balaban J connectivity index is 1.91. The number of halogens is 1. The highest BCUT2D eigenvalue weighted by Crippen LogP contribution is 2.24. The monoisotopic (exact) mass is 302 g/mol. The predicted molar refractivity (Wildman–Crippen MR) is 84.4 cm³/mol. The predicted octanol–water partition coefficient (Wildman–Crippen LogP) is 3.12. The van der Waals surface area contributed by atoms with Crippen molar-refractivity contribution >= 4 is 11.6 Å². The Kier molecular flexibility index (Phi) is 5.36. The van der Waals surface area contributed by atoms with Gasteiger partial charge in [0, 0.05) is 11.3 Å². The number of carbonyl (C=O) groups excluding carboxylic acids is 1. The van der Waals surface area contributed by atoms with Crippen molar-refractivity contribution in [1.82, 2.24) is 5.32 Å². The van der Waals surface area contributed by atoms with Gasteiger partial charge in [0.05, 0.1) is 19.7 Å². The molecule has 4 nitrogen and oxygen atoms in total. The summed E-state index contributed by atoms with van der Waals surface area (Å²) in [6.07, 6.45) is 0. The maximum absolute atomic E-state index is 13.1. The SMILES string of the molecule is COc1ccccc1C(C)NC(=O)CNc1cccc(F)c1. The van der Waals surface area contributed by atoms with E-state index in [1.165, 1.54) is 12.1 Å². The third-order valence-electron chi connectivity index (χ3n) is 3.26. The molecule has 116 valence electrons. The minimum atomic E-state index is -0.340. The topological polar surface area (TPSA) is 50.4 Å². The van der Waals surface area contributed by atoms with Crippen LogP contribution in [0.15, 0.2) is 48.5 Å². The number of benzene rings is 2. The summed E-state index contributed by atoms with van der Waals surface area (Å²) in [6, 6.07) is 13.3. The van der Waals surface area contributed by atoms with Gasteiger partial charge in [-0.15, -0.1) is 0 Å². The Labute approximate surface area is 129 Å². The molecular weight excluding hydrogens is 283 g/mol. The molecule has 22 heavy (non-hydrogen) atoms. The van der Waals surface area contributed by atoms with Crippen molar-refractivity contribution in [3.8, 4) is 5.75 Å². The van der Waals surface area contributed by atoms with Gasteiger partial charge in [-0.3, -0.25) is 4.79 Å². The number of nitrogens with one attached hydrogen (secondary N) is 2. The smallest absolute Gasteiger partial charge is 0.239 e. The second kappa shape index (κ2) is 7.45.